The zero-order valence-corrected chi connectivity index (χ0v) is 13.2. The first-order valence-electron chi connectivity index (χ1n) is 7.12. The second-order valence-electron chi connectivity index (χ2n) is 5.29. The van der Waals surface area contributed by atoms with Crippen molar-refractivity contribution in [1.29, 1.82) is 0 Å². The van der Waals surface area contributed by atoms with E-state index in [1.807, 2.05) is 19.9 Å². The molecule has 0 fully saturated rings. The van der Waals surface area contributed by atoms with Gasteiger partial charge in [0.2, 0.25) is 5.91 Å². The molecule has 0 saturated carbocycles. The molecule has 0 spiro atoms. The van der Waals surface area contributed by atoms with Crippen molar-refractivity contribution in [2.75, 3.05) is 20.1 Å². The summed E-state index contributed by atoms with van der Waals surface area (Å²) in [5.41, 5.74) is 2.64. The van der Waals surface area contributed by atoms with Crippen LogP contribution in [-0.2, 0) is 9.59 Å². The third-order valence-corrected chi connectivity index (χ3v) is 3.48. The summed E-state index contributed by atoms with van der Waals surface area (Å²) in [5, 5.41) is 11.1. The van der Waals surface area contributed by atoms with Crippen LogP contribution in [0, 0.1) is 13.8 Å². The Balaban J connectivity index is 2.44. The lowest BCUT2D eigenvalue weighted by molar-refractivity contribution is -0.137. The predicted molar refractivity (Wildman–Crippen MR) is 82.8 cm³/mol. The molecule has 1 aromatic carbocycles. The molecule has 6 nitrogen and oxygen atoms in total. The Morgan fingerprint density at radius 2 is 1.86 bits per heavy atom. The second-order valence-corrected chi connectivity index (χ2v) is 5.29. The highest BCUT2D eigenvalue weighted by Crippen LogP contribution is 2.09. The number of hydrogen-bond acceptors (Lipinski definition) is 3. The fraction of sp³-hybridized carbons (Fsp3) is 0.438. The standard InChI is InChI=1S/C16H22N2O4/c1-11-6-7-13(9-12(11)2)16(22)17-10-14(19)18(3)8-4-5-15(20)21/h6-7,9H,4-5,8,10H2,1-3H3,(H,17,22)(H,20,21). The average Bonchev–Trinajstić information content (AvgIpc) is 2.46. The van der Waals surface area contributed by atoms with Crippen molar-refractivity contribution in [1.82, 2.24) is 10.2 Å². The van der Waals surface area contributed by atoms with E-state index in [1.54, 1.807) is 19.2 Å². The topological polar surface area (TPSA) is 86.7 Å². The first-order valence-corrected chi connectivity index (χ1v) is 7.12. The maximum atomic E-state index is 12.0. The quantitative estimate of drug-likeness (QED) is 0.796. The van der Waals surface area contributed by atoms with E-state index in [4.69, 9.17) is 5.11 Å². The second kappa shape index (κ2) is 8.17. The van der Waals surface area contributed by atoms with Crippen LogP contribution in [0.2, 0.25) is 0 Å². The molecule has 0 saturated heterocycles. The number of nitrogens with one attached hydrogen (secondary N) is 1. The Morgan fingerprint density at radius 3 is 2.45 bits per heavy atom. The molecule has 6 heteroatoms. The number of aliphatic carboxylic acids is 1. The van der Waals surface area contributed by atoms with Crippen LogP contribution >= 0.6 is 0 Å². The minimum atomic E-state index is -0.885. The maximum absolute atomic E-state index is 12.0. The largest absolute Gasteiger partial charge is 0.481 e. The van der Waals surface area contributed by atoms with Crippen LogP contribution in [0.4, 0.5) is 0 Å². The summed E-state index contributed by atoms with van der Waals surface area (Å²) in [6.45, 7) is 4.14. The zero-order valence-electron chi connectivity index (χ0n) is 13.2. The van der Waals surface area contributed by atoms with Crippen molar-refractivity contribution in [3.05, 3.63) is 34.9 Å². The molecule has 120 valence electrons. The number of aryl methyl sites for hydroxylation is 2. The summed E-state index contributed by atoms with van der Waals surface area (Å²) in [4.78, 5) is 35.7. The van der Waals surface area contributed by atoms with Crippen molar-refractivity contribution in [3.63, 3.8) is 0 Å². The van der Waals surface area contributed by atoms with Gasteiger partial charge in [0.1, 0.15) is 0 Å². The maximum Gasteiger partial charge on any atom is 0.303 e. The number of carbonyl (C=O) groups excluding carboxylic acids is 2. The van der Waals surface area contributed by atoms with E-state index < -0.39 is 5.97 Å². The Labute approximate surface area is 130 Å². The lowest BCUT2D eigenvalue weighted by Gasteiger charge is -2.17. The molecule has 0 atom stereocenters. The highest BCUT2D eigenvalue weighted by molar-refractivity contribution is 5.96. The van der Waals surface area contributed by atoms with Crippen LogP contribution in [0.25, 0.3) is 0 Å². The number of nitrogens with zero attached hydrogens (tertiary/aromatic N) is 1. The van der Waals surface area contributed by atoms with E-state index >= 15 is 0 Å². The van der Waals surface area contributed by atoms with Gasteiger partial charge in [-0.15, -0.1) is 0 Å². The van der Waals surface area contributed by atoms with Gasteiger partial charge in [-0.25, -0.2) is 0 Å². The van der Waals surface area contributed by atoms with Gasteiger partial charge in [-0.1, -0.05) is 6.07 Å². The van der Waals surface area contributed by atoms with Gasteiger partial charge in [-0.3, -0.25) is 14.4 Å². The molecular weight excluding hydrogens is 284 g/mol. The number of rotatable bonds is 7. The van der Waals surface area contributed by atoms with Crippen molar-refractivity contribution in [2.45, 2.75) is 26.7 Å². The molecular formula is C16H22N2O4. The summed E-state index contributed by atoms with van der Waals surface area (Å²) >= 11 is 0. The summed E-state index contributed by atoms with van der Waals surface area (Å²) in [7, 11) is 1.59. The molecule has 2 N–H and O–H groups in total. The minimum absolute atomic E-state index is 0.0205. The Bertz CT molecular complexity index is 569. The van der Waals surface area contributed by atoms with Crippen molar-refractivity contribution in [2.24, 2.45) is 0 Å². The van der Waals surface area contributed by atoms with Crippen LogP contribution < -0.4 is 5.32 Å². The molecule has 0 heterocycles. The molecule has 0 aliphatic carbocycles. The summed E-state index contributed by atoms with van der Waals surface area (Å²) in [6, 6.07) is 5.37. The fourth-order valence-electron chi connectivity index (χ4n) is 1.87. The first kappa shape index (κ1) is 17.7. The first-order chi connectivity index (χ1) is 10.3. The van der Waals surface area contributed by atoms with Gasteiger partial charge in [0.15, 0.2) is 0 Å². The van der Waals surface area contributed by atoms with Gasteiger partial charge in [-0.2, -0.15) is 0 Å². The van der Waals surface area contributed by atoms with Crippen molar-refractivity contribution < 1.29 is 19.5 Å². The van der Waals surface area contributed by atoms with Crippen LogP contribution in [0.1, 0.15) is 34.3 Å². The van der Waals surface area contributed by atoms with Crippen LogP contribution in [-0.4, -0.2) is 47.9 Å². The van der Waals surface area contributed by atoms with E-state index in [2.05, 4.69) is 5.32 Å². The van der Waals surface area contributed by atoms with Crippen LogP contribution in [0.5, 0.6) is 0 Å². The molecule has 0 radical (unpaired) electrons. The third-order valence-electron chi connectivity index (χ3n) is 3.48. The van der Waals surface area contributed by atoms with E-state index in [-0.39, 0.29) is 24.8 Å². The Kier molecular flexibility index (Phi) is 6.56. The van der Waals surface area contributed by atoms with E-state index in [0.29, 0.717) is 18.5 Å². The normalized spacial score (nSPS) is 10.1. The average molecular weight is 306 g/mol. The highest BCUT2D eigenvalue weighted by Gasteiger charge is 2.12. The lowest BCUT2D eigenvalue weighted by atomic mass is 10.1. The molecule has 0 aromatic heterocycles. The number of carbonyl (C=O) groups is 3. The number of carboxylic acids is 1. The molecule has 0 aliphatic rings. The summed E-state index contributed by atoms with van der Waals surface area (Å²) in [6.07, 6.45) is 0.412. The number of carboxylic acid groups (broad SMARTS) is 1. The van der Waals surface area contributed by atoms with Gasteiger partial charge in [0, 0.05) is 25.6 Å². The number of hydrogen-bond donors (Lipinski definition) is 2. The van der Waals surface area contributed by atoms with Crippen molar-refractivity contribution >= 4 is 17.8 Å². The highest BCUT2D eigenvalue weighted by atomic mass is 16.4. The van der Waals surface area contributed by atoms with Crippen LogP contribution in [0.3, 0.4) is 0 Å². The Morgan fingerprint density at radius 1 is 1.18 bits per heavy atom. The van der Waals surface area contributed by atoms with Crippen molar-refractivity contribution in [3.8, 4) is 0 Å². The lowest BCUT2D eigenvalue weighted by Crippen LogP contribution is -2.38. The van der Waals surface area contributed by atoms with Gasteiger partial charge in [0.25, 0.3) is 5.91 Å². The number of benzene rings is 1. The molecule has 1 rings (SSSR count). The van der Waals surface area contributed by atoms with Gasteiger partial charge in [-0.05, 0) is 43.5 Å². The molecule has 0 unspecified atom stereocenters. The fourth-order valence-corrected chi connectivity index (χ4v) is 1.87. The molecule has 0 aliphatic heterocycles. The predicted octanol–water partition coefficient (Wildman–Crippen LogP) is 1.36. The van der Waals surface area contributed by atoms with Gasteiger partial charge >= 0.3 is 5.97 Å². The summed E-state index contributed by atoms with van der Waals surface area (Å²) < 4.78 is 0. The molecule has 22 heavy (non-hydrogen) atoms. The molecule has 1 aromatic rings. The minimum Gasteiger partial charge on any atom is -0.481 e. The number of likely N-dealkylation sites (N-methyl/N-ethyl adjacent to an activating group) is 1. The zero-order chi connectivity index (χ0) is 16.7. The summed E-state index contributed by atoms with van der Waals surface area (Å²) in [5.74, 6) is -1.43. The number of amides is 2. The monoisotopic (exact) mass is 306 g/mol. The SMILES string of the molecule is Cc1ccc(C(=O)NCC(=O)N(C)CCCC(=O)O)cc1C. The smallest absolute Gasteiger partial charge is 0.303 e. The van der Waals surface area contributed by atoms with Gasteiger partial charge < -0.3 is 15.3 Å². The Hall–Kier alpha value is -2.37. The molecule has 0 bridgehead atoms. The van der Waals surface area contributed by atoms with Gasteiger partial charge in [0.05, 0.1) is 6.54 Å². The van der Waals surface area contributed by atoms with E-state index in [1.165, 1.54) is 4.90 Å². The van der Waals surface area contributed by atoms with E-state index in [9.17, 15) is 14.4 Å². The van der Waals surface area contributed by atoms with Crippen LogP contribution in [0.15, 0.2) is 18.2 Å². The molecule has 2 amide bonds. The van der Waals surface area contributed by atoms with E-state index in [0.717, 1.165) is 11.1 Å². The third kappa shape index (κ3) is 5.55.